The van der Waals surface area contributed by atoms with Gasteiger partial charge >= 0.3 is 0 Å². The number of aromatic nitrogens is 2. The molecule has 1 aromatic carbocycles. The Kier molecular flexibility index (Phi) is 3.87. The molecule has 0 saturated heterocycles. The molecule has 1 aromatic heterocycles. The number of hydrogen-bond acceptors (Lipinski definition) is 2. The molecule has 0 saturated carbocycles. The molecule has 0 bridgehead atoms. The lowest BCUT2D eigenvalue weighted by molar-refractivity contribution is 0.621. The standard InChI is InChI=1S/C13H15ClFN3/c1-3-18-11(6-9(2)17-18)8-16-10-4-5-12(14)13(15)7-10/h4-7,16H,3,8H2,1-2H3. The van der Waals surface area contributed by atoms with E-state index >= 15 is 0 Å². The van der Waals surface area contributed by atoms with Crippen LogP contribution in [0.5, 0.6) is 0 Å². The molecule has 0 fully saturated rings. The Balaban J connectivity index is 2.08. The second-order valence-corrected chi connectivity index (χ2v) is 4.48. The van der Waals surface area contributed by atoms with Crippen LogP contribution in [0.25, 0.3) is 0 Å². The Morgan fingerprint density at radius 3 is 2.83 bits per heavy atom. The highest BCUT2D eigenvalue weighted by Crippen LogP contribution is 2.19. The van der Waals surface area contributed by atoms with Crippen molar-refractivity contribution in [3.05, 3.63) is 46.5 Å². The van der Waals surface area contributed by atoms with Crippen LogP contribution in [0.3, 0.4) is 0 Å². The highest BCUT2D eigenvalue weighted by molar-refractivity contribution is 6.30. The maximum atomic E-state index is 13.3. The molecule has 0 radical (unpaired) electrons. The highest BCUT2D eigenvalue weighted by atomic mass is 35.5. The monoisotopic (exact) mass is 267 g/mol. The zero-order valence-electron chi connectivity index (χ0n) is 10.4. The zero-order valence-corrected chi connectivity index (χ0v) is 11.1. The van der Waals surface area contributed by atoms with E-state index in [0.717, 1.165) is 17.9 Å². The van der Waals surface area contributed by atoms with Gasteiger partial charge in [-0.1, -0.05) is 11.6 Å². The van der Waals surface area contributed by atoms with Crippen LogP contribution in [-0.2, 0) is 13.1 Å². The Morgan fingerprint density at radius 2 is 2.17 bits per heavy atom. The van der Waals surface area contributed by atoms with Crippen LogP contribution >= 0.6 is 11.6 Å². The van der Waals surface area contributed by atoms with Crippen LogP contribution < -0.4 is 5.32 Å². The molecule has 3 nitrogen and oxygen atoms in total. The van der Waals surface area contributed by atoms with Crippen molar-refractivity contribution in [2.75, 3.05) is 5.32 Å². The second-order valence-electron chi connectivity index (χ2n) is 4.08. The molecular weight excluding hydrogens is 253 g/mol. The molecule has 0 unspecified atom stereocenters. The maximum Gasteiger partial charge on any atom is 0.143 e. The fraction of sp³-hybridized carbons (Fsp3) is 0.308. The maximum absolute atomic E-state index is 13.3. The van der Waals surface area contributed by atoms with E-state index in [1.807, 2.05) is 24.6 Å². The molecular formula is C13H15ClFN3. The smallest absolute Gasteiger partial charge is 0.143 e. The summed E-state index contributed by atoms with van der Waals surface area (Å²) in [5.41, 5.74) is 2.76. The van der Waals surface area contributed by atoms with Crippen LogP contribution in [-0.4, -0.2) is 9.78 Å². The van der Waals surface area contributed by atoms with Gasteiger partial charge in [-0.25, -0.2) is 4.39 Å². The largest absolute Gasteiger partial charge is 0.379 e. The van der Waals surface area contributed by atoms with Gasteiger partial charge in [0.25, 0.3) is 0 Å². The molecule has 0 aliphatic rings. The number of hydrogen-bond donors (Lipinski definition) is 1. The van der Waals surface area contributed by atoms with Gasteiger partial charge in [0.1, 0.15) is 5.82 Å². The van der Waals surface area contributed by atoms with Crippen LogP contribution in [0.1, 0.15) is 18.3 Å². The predicted octanol–water partition coefficient (Wildman–Crippen LogP) is 3.62. The van der Waals surface area contributed by atoms with Crippen LogP contribution in [0.2, 0.25) is 5.02 Å². The first kappa shape index (κ1) is 12.9. The molecule has 18 heavy (non-hydrogen) atoms. The summed E-state index contributed by atoms with van der Waals surface area (Å²) in [6.07, 6.45) is 0. The van der Waals surface area contributed by atoms with Crippen molar-refractivity contribution in [3.8, 4) is 0 Å². The Morgan fingerprint density at radius 1 is 1.39 bits per heavy atom. The molecule has 0 amide bonds. The lowest BCUT2D eigenvalue weighted by atomic mass is 10.3. The van der Waals surface area contributed by atoms with E-state index < -0.39 is 5.82 Å². The van der Waals surface area contributed by atoms with Crippen molar-refractivity contribution in [1.29, 1.82) is 0 Å². The summed E-state index contributed by atoms with van der Waals surface area (Å²) in [6, 6.07) is 6.71. The molecule has 0 aliphatic carbocycles. The lowest BCUT2D eigenvalue weighted by Gasteiger charge is -2.08. The van der Waals surface area contributed by atoms with Crippen LogP contribution in [0, 0.1) is 12.7 Å². The van der Waals surface area contributed by atoms with Crippen molar-refractivity contribution in [2.24, 2.45) is 0 Å². The number of benzene rings is 1. The first-order chi connectivity index (χ1) is 8.60. The number of anilines is 1. The molecule has 2 aromatic rings. The Hall–Kier alpha value is -1.55. The molecule has 1 N–H and O–H groups in total. The fourth-order valence-corrected chi connectivity index (χ4v) is 1.93. The van der Waals surface area contributed by atoms with Gasteiger partial charge in [0.15, 0.2) is 0 Å². The highest BCUT2D eigenvalue weighted by Gasteiger charge is 2.05. The summed E-state index contributed by atoms with van der Waals surface area (Å²) < 4.78 is 15.2. The van der Waals surface area contributed by atoms with Crippen LogP contribution in [0.4, 0.5) is 10.1 Å². The lowest BCUT2D eigenvalue weighted by Crippen LogP contribution is -2.07. The topological polar surface area (TPSA) is 29.9 Å². The Bertz CT molecular complexity index is 551. The van der Waals surface area contributed by atoms with Crippen LogP contribution in [0.15, 0.2) is 24.3 Å². The summed E-state index contributed by atoms with van der Waals surface area (Å²) in [5, 5.41) is 7.65. The normalized spacial score (nSPS) is 10.7. The molecule has 1 heterocycles. The van der Waals surface area contributed by atoms with Gasteiger partial charge in [0, 0.05) is 12.2 Å². The number of nitrogens with zero attached hydrogens (tertiary/aromatic N) is 2. The average molecular weight is 268 g/mol. The minimum atomic E-state index is -0.415. The van der Waals surface area contributed by atoms with Gasteiger partial charge in [0.2, 0.25) is 0 Å². The van der Waals surface area contributed by atoms with Crippen molar-refractivity contribution in [3.63, 3.8) is 0 Å². The van der Waals surface area contributed by atoms with Gasteiger partial charge in [-0.15, -0.1) is 0 Å². The van der Waals surface area contributed by atoms with Gasteiger partial charge in [-0.2, -0.15) is 5.10 Å². The summed E-state index contributed by atoms with van der Waals surface area (Å²) in [6.45, 7) is 5.42. The zero-order chi connectivity index (χ0) is 13.1. The summed E-state index contributed by atoms with van der Waals surface area (Å²) in [7, 11) is 0. The van der Waals surface area contributed by atoms with E-state index in [0.29, 0.717) is 12.2 Å². The number of halogens is 2. The van der Waals surface area contributed by atoms with E-state index in [1.54, 1.807) is 12.1 Å². The summed E-state index contributed by atoms with van der Waals surface area (Å²) >= 11 is 5.63. The minimum absolute atomic E-state index is 0.134. The molecule has 0 atom stereocenters. The molecule has 96 valence electrons. The minimum Gasteiger partial charge on any atom is -0.379 e. The number of aryl methyl sites for hydroxylation is 2. The van der Waals surface area contributed by atoms with Gasteiger partial charge < -0.3 is 5.32 Å². The molecule has 0 aliphatic heterocycles. The number of nitrogens with one attached hydrogen (secondary N) is 1. The quantitative estimate of drug-likeness (QED) is 0.917. The van der Waals surface area contributed by atoms with E-state index in [2.05, 4.69) is 10.4 Å². The van der Waals surface area contributed by atoms with Gasteiger partial charge in [-0.05, 0) is 38.1 Å². The van der Waals surface area contributed by atoms with Crippen molar-refractivity contribution < 1.29 is 4.39 Å². The van der Waals surface area contributed by atoms with E-state index in [1.165, 1.54) is 6.07 Å². The van der Waals surface area contributed by atoms with E-state index in [-0.39, 0.29) is 5.02 Å². The summed E-state index contributed by atoms with van der Waals surface area (Å²) in [4.78, 5) is 0. The summed E-state index contributed by atoms with van der Waals surface area (Å²) in [5.74, 6) is -0.415. The van der Waals surface area contributed by atoms with Crippen molar-refractivity contribution >= 4 is 17.3 Å². The third-order valence-corrected chi connectivity index (χ3v) is 2.98. The van der Waals surface area contributed by atoms with Gasteiger partial charge in [0.05, 0.1) is 23.0 Å². The van der Waals surface area contributed by atoms with Crippen molar-refractivity contribution in [1.82, 2.24) is 9.78 Å². The number of rotatable bonds is 4. The molecule has 5 heteroatoms. The third kappa shape index (κ3) is 2.82. The van der Waals surface area contributed by atoms with Crippen molar-refractivity contribution in [2.45, 2.75) is 26.9 Å². The molecule has 0 spiro atoms. The average Bonchev–Trinajstić information content (AvgIpc) is 2.71. The first-order valence-corrected chi connectivity index (χ1v) is 6.20. The second kappa shape index (κ2) is 5.40. The third-order valence-electron chi connectivity index (χ3n) is 2.68. The predicted molar refractivity (Wildman–Crippen MR) is 71.4 cm³/mol. The SMILES string of the molecule is CCn1nc(C)cc1CNc1ccc(Cl)c(F)c1. The fourth-order valence-electron chi connectivity index (χ4n) is 1.81. The van der Waals surface area contributed by atoms with E-state index in [9.17, 15) is 4.39 Å². The first-order valence-electron chi connectivity index (χ1n) is 5.82. The Labute approximate surface area is 111 Å². The van der Waals surface area contributed by atoms with E-state index in [4.69, 9.17) is 11.6 Å². The molecule has 2 rings (SSSR count). The van der Waals surface area contributed by atoms with Gasteiger partial charge in [-0.3, -0.25) is 4.68 Å².